The minimum atomic E-state index is -4.87. The number of nitrogens with one attached hydrogen (secondary N) is 2. The Morgan fingerprint density at radius 1 is 1.52 bits per heavy atom. The summed E-state index contributed by atoms with van der Waals surface area (Å²) in [4.78, 5) is 35.7. The number of amides is 1. The van der Waals surface area contributed by atoms with Gasteiger partial charge >= 0.3 is 12.1 Å². The molecular weight excluding hydrogens is 345 g/mol. The van der Waals surface area contributed by atoms with Crippen LogP contribution in [0.15, 0.2) is 11.0 Å². The maximum absolute atomic E-state index is 13.0. The van der Waals surface area contributed by atoms with E-state index < -0.39 is 40.9 Å². The number of nitrogens with zero attached hydrogens (tertiary/aromatic N) is 2. The quantitative estimate of drug-likeness (QED) is 0.717. The molecule has 0 aliphatic carbocycles. The van der Waals surface area contributed by atoms with Crippen LogP contribution in [0.1, 0.15) is 25.3 Å². The topological polar surface area (TPSA) is 115 Å². The van der Waals surface area contributed by atoms with Gasteiger partial charge in [-0.15, -0.1) is 0 Å². The third kappa shape index (κ3) is 4.48. The van der Waals surface area contributed by atoms with Crippen molar-refractivity contribution >= 4 is 17.6 Å². The molecule has 0 aromatic carbocycles. The second-order valence-electron chi connectivity index (χ2n) is 5.90. The lowest BCUT2D eigenvalue weighted by Gasteiger charge is -2.33. The zero-order valence-electron chi connectivity index (χ0n) is 13.3. The molecule has 1 aliphatic rings. The first-order chi connectivity index (χ1) is 11.6. The summed E-state index contributed by atoms with van der Waals surface area (Å²) in [6.45, 7) is 1.53. The van der Waals surface area contributed by atoms with Crippen LogP contribution in [0, 0.1) is 5.92 Å². The van der Waals surface area contributed by atoms with Crippen LogP contribution >= 0.6 is 0 Å². The number of carbonyl (C=O) groups is 2. The molecule has 2 heterocycles. The van der Waals surface area contributed by atoms with Crippen LogP contribution in [0.3, 0.4) is 0 Å². The van der Waals surface area contributed by atoms with E-state index in [9.17, 15) is 27.6 Å². The maximum atomic E-state index is 13.0. The lowest BCUT2D eigenvalue weighted by molar-refractivity contribution is -0.147. The van der Waals surface area contributed by atoms with Gasteiger partial charge in [-0.1, -0.05) is 0 Å². The lowest BCUT2D eigenvalue weighted by atomic mass is 9.97. The van der Waals surface area contributed by atoms with Crippen molar-refractivity contribution in [2.45, 2.75) is 32.0 Å². The summed E-state index contributed by atoms with van der Waals surface area (Å²) < 4.78 is 39.0. The van der Waals surface area contributed by atoms with Crippen molar-refractivity contribution in [1.82, 2.24) is 15.1 Å². The molecule has 1 aromatic rings. The molecule has 0 saturated carbocycles. The van der Waals surface area contributed by atoms with Crippen LogP contribution in [-0.2, 0) is 15.8 Å². The van der Waals surface area contributed by atoms with E-state index in [1.807, 2.05) is 0 Å². The number of H-pyrrole nitrogens is 1. The van der Waals surface area contributed by atoms with E-state index in [0.717, 1.165) is 6.20 Å². The third-order valence-corrected chi connectivity index (χ3v) is 3.89. The van der Waals surface area contributed by atoms with Gasteiger partial charge in [-0.3, -0.25) is 14.4 Å². The highest BCUT2D eigenvalue weighted by atomic mass is 19.4. The lowest BCUT2D eigenvalue weighted by Crippen LogP contribution is -2.46. The number of hydrogen-bond donors (Lipinski definition) is 3. The number of hydrogen-bond acceptors (Lipinski definition) is 5. The summed E-state index contributed by atoms with van der Waals surface area (Å²) in [6, 6.07) is -0.652. The number of rotatable bonds is 5. The molecule has 0 radical (unpaired) electrons. The molecule has 1 saturated heterocycles. The summed E-state index contributed by atoms with van der Waals surface area (Å²) in [7, 11) is 0. The Labute approximate surface area is 140 Å². The van der Waals surface area contributed by atoms with Gasteiger partial charge in [-0.05, 0) is 13.3 Å². The number of carboxylic acid groups (broad SMARTS) is 1. The van der Waals surface area contributed by atoms with Crippen LogP contribution in [0.4, 0.5) is 18.9 Å². The number of aliphatic carboxylic acids is 1. The molecule has 25 heavy (non-hydrogen) atoms. The minimum absolute atomic E-state index is 0.0000618. The summed E-state index contributed by atoms with van der Waals surface area (Å²) in [5.41, 5.74) is -3.27. The van der Waals surface area contributed by atoms with Crippen molar-refractivity contribution in [3.8, 4) is 0 Å². The van der Waals surface area contributed by atoms with Crippen LogP contribution < -0.4 is 10.9 Å². The molecule has 2 rings (SSSR count). The molecular formula is C14H17F3N4O4. The fourth-order valence-electron chi connectivity index (χ4n) is 2.72. The SMILES string of the molecule is C[C@@H](CN1CC(C(=O)O)CCC1=O)Nc1cn[nH]c(=O)c1C(F)(F)F. The van der Waals surface area contributed by atoms with E-state index in [1.54, 1.807) is 5.10 Å². The predicted molar refractivity (Wildman–Crippen MR) is 79.9 cm³/mol. The molecule has 1 unspecified atom stereocenters. The summed E-state index contributed by atoms with van der Waals surface area (Å²) >= 11 is 0. The zero-order valence-corrected chi connectivity index (χ0v) is 13.3. The normalized spacial score (nSPS) is 19.6. The molecule has 138 valence electrons. The predicted octanol–water partition coefficient (Wildman–Crippen LogP) is 0.912. The van der Waals surface area contributed by atoms with Crippen molar-refractivity contribution < 1.29 is 27.9 Å². The van der Waals surface area contributed by atoms with Crippen LogP contribution in [0.5, 0.6) is 0 Å². The molecule has 1 amide bonds. The number of aromatic amines is 1. The van der Waals surface area contributed by atoms with Gasteiger partial charge in [-0.2, -0.15) is 18.3 Å². The van der Waals surface area contributed by atoms with Gasteiger partial charge in [0.25, 0.3) is 5.56 Å². The molecule has 0 bridgehead atoms. The monoisotopic (exact) mass is 362 g/mol. The number of likely N-dealkylation sites (tertiary alicyclic amines) is 1. The van der Waals surface area contributed by atoms with Crippen molar-refractivity contribution in [2.75, 3.05) is 18.4 Å². The standard InChI is InChI=1S/C14H17F3N4O4/c1-7(5-21-6-8(13(24)25)2-3-10(21)22)19-9-4-18-20-12(23)11(9)14(15,16)17/h4,7-8H,2-3,5-6H2,1H3,(H,24,25)(H2,19,20,23)/t7-,8?/m0/s1. The Bertz CT molecular complexity index is 719. The molecule has 0 spiro atoms. The average Bonchev–Trinajstić information content (AvgIpc) is 2.47. The van der Waals surface area contributed by atoms with Gasteiger partial charge < -0.3 is 15.3 Å². The van der Waals surface area contributed by atoms with Gasteiger partial charge in [0, 0.05) is 25.6 Å². The van der Waals surface area contributed by atoms with Crippen molar-refractivity contribution in [3.05, 3.63) is 22.1 Å². The highest BCUT2D eigenvalue weighted by Gasteiger charge is 2.38. The Balaban J connectivity index is 2.11. The van der Waals surface area contributed by atoms with E-state index in [1.165, 1.54) is 11.8 Å². The molecule has 3 N–H and O–H groups in total. The maximum Gasteiger partial charge on any atom is 0.423 e. The summed E-state index contributed by atoms with van der Waals surface area (Å²) in [5, 5.41) is 16.7. The highest BCUT2D eigenvalue weighted by Crippen LogP contribution is 2.31. The highest BCUT2D eigenvalue weighted by molar-refractivity contribution is 5.80. The third-order valence-electron chi connectivity index (χ3n) is 3.89. The molecule has 8 nitrogen and oxygen atoms in total. The second-order valence-corrected chi connectivity index (χ2v) is 5.90. The first kappa shape index (κ1) is 18.7. The Morgan fingerprint density at radius 3 is 2.80 bits per heavy atom. The minimum Gasteiger partial charge on any atom is -0.481 e. The van der Waals surface area contributed by atoms with Crippen LogP contribution in [-0.4, -0.2) is 51.2 Å². The number of aromatic nitrogens is 2. The summed E-state index contributed by atoms with van der Waals surface area (Å²) in [5.74, 6) is -1.97. The average molecular weight is 362 g/mol. The van der Waals surface area contributed by atoms with Crippen molar-refractivity contribution in [1.29, 1.82) is 0 Å². The Hall–Kier alpha value is -2.59. The largest absolute Gasteiger partial charge is 0.481 e. The van der Waals surface area contributed by atoms with Gasteiger partial charge in [0.15, 0.2) is 0 Å². The van der Waals surface area contributed by atoms with Crippen LogP contribution in [0.25, 0.3) is 0 Å². The van der Waals surface area contributed by atoms with Crippen molar-refractivity contribution in [3.63, 3.8) is 0 Å². The number of carbonyl (C=O) groups excluding carboxylic acids is 1. The summed E-state index contributed by atoms with van der Waals surface area (Å²) in [6.07, 6.45) is -3.71. The first-order valence-corrected chi connectivity index (χ1v) is 7.51. The molecule has 1 aromatic heterocycles. The number of halogens is 3. The Morgan fingerprint density at radius 2 is 2.20 bits per heavy atom. The van der Waals surface area contributed by atoms with E-state index in [-0.39, 0.29) is 31.8 Å². The van der Waals surface area contributed by atoms with E-state index in [4.69, 9.17) is 5.11 Å². The zero-order chi connectivity index (χ0) is 18.8. The van der Waals surface area contributed by atoms with Crippen LogP contribution in [0.2, 0.25) is 0 Å². The molecule has 11 heteroatoms. The van der Waals surface area contributed by atoms with Gasteiger partial charge in [0.2, 0.25) is 5.91 Å². The van der Waals surface area contributed by atoms with Gasteiger partial charge in [0.1, 0.15) is 5.56 Å². The second kappa shape index (κ2) is 7.11. The first-order valence-electron chi connectivity index (χ1n) is 7.51. The molecule has 1 aliphatic heterocycles. The Kier molecular flexibility index (Phi) is 5.33. The molecule has 1 fully saturated rings. The van der Waals surface area contributed by atoms with E-state index in [0.29, 0.717) is 0 Å². The number of piperidine rings is 1. The van der Waals surface area contributed by atoms with E-state index >= 15 is 0 Å². The van der Waals surface area contributed by atoms with E-state index in [2.05, 4.69) is 10.4 Å². The molecule has 2 atom stereocenters. The van der Waals surface area contributed by atoms with Crippen molar-refractivity contribution in [2.24, 2.45) is 5.92 Å². The fourth-order valence-corrected chi connectivity index (χ4v) is 2.72. The number of anilines is 1. The van der Waals surface area contributed by atoms with Gasteiger partial charge in [-0.25, -0.2) is 5.10 Å². The smallest absolute Gasteiger partial charge is 0.423 e. The fraction of sp³-hybridized carbons (Fsp3) is 0.571. The number of alkyl halides is 3. The number of carboxylic acids is 1. The van der Waals surface area contributed by atoms with Gasteiger partial charge in [0.05, 0.1) is 17.8 Å².